The van der Waals surface area contributed by atoms with Crippen molar-refractivity contribution in [3.63, 3.8) is 0 Å². The van der Waals surface area contributed by atoms with Crippen LogP contribution in [0.4, 0.5) is 4.39 Å². The average molecular weight is 189 g/mol. The SMILES string of the molecule is O=C(c1cc[nH]c1)c1ccccc1F. The van der Waals surface area contributed by atoms with Crippen LogP contribution in [0.15, 0.2) is 42.7 Å². The third-order valence-electron chi connectivity index (χ3n) is 1.98. The number of nitrogens with one attached hydrogen (secondary N) is 1. The van der Waals surface area contributed by atoms with Gasteiger partial charge in [0.15, 0.2) is 5.78 Å². The van der Waals surface area contributed by atoms with E-state index in [1.807, 2.05) is 0 Å². The predicted octanol–water partition coefficient (Wildman–Crippen LogP) is 2.38. The normalized spacial score (nSPS) is 10.1. The van der Waals surface area contributed by atoms with E-state index in [2.05, 4.69) is 4.98 Å². The van der Waals surface area contributed by atoms with Gasteiger partial charge < -0.3 is 4.98 Å². The van der Waals surface area contributed by atoms with Crippen LogP contribution in [-0.2, 0) is 0 Å². The van der Waals surface area contributed by atoms with Crippen molar-refractivity contribution in [1.82, 2.24) is 4.98 Å². The lowest BCUT2D eigenvalue weighted by atomic mass is 10.1. The Kier molecular flexibility index (Phi) is 2.14. The molecule has 0 bridgehead atoms. The number of hydrogen-bond acceptors (Lipinski definition) is 1. The fourth-order valence-electron chi connectivity index (χ4n) is 1.27. The van der Waals surface area contributed by atoms with Gasteiger partial charge in [-0.15, -0.1) is 0 Å². The third kappa shape index (κ3) is 1.44. The highest BCUT2D eigenvalue weighted by Gasteiger charge is 2.12. The molecule has 0 aliphatic heterocycles. The minimum absolute atomic E-state index is 0.104. The number of aromatic amines is 1. The summed E-state index contributed by atoms with van der Waals surface area (Å²) in [6.07, 6.45) is 3.18. The van der Waals surface area contributed by atoms with Gasteiger partial charge in [0.25, 0.3) is 0 Å². The lowest BCUT2D eigenvalue weighted by Crippen LogP contribution is -2.02. The molecule has 0 amide bonds. The standard InChI is InChI=1S/C11H8FNO/c12-10-4-2-1-3-9(10)11(14)8-5-6-13-7-8/h1-7,13H. The number of aromatic nitrogens is 1. The molecule has 3 heteroatoms. The summed E-state index contributed by atoms with van der Waals surface area (Å²) < 4.78 is 13.2. The van der Waals surface area contributed by atoms with Gasteiger partial charge in [-0.05, 0) is 18.2 Å². The Morgan fingerprint density at radius 3 is 2.64 bits per heavy atom. The van der Waals surface area contributed by atoms with Gasteiger partial charge in [-0.2, -0.15) is 0 Å². The number of rotatable bonds is 2. The molecule has 0 atom stereocenters. The molecule has 2 rings (SSSR count). The maximum atomic E-state index is 13.2. The smallest absolute Gasteiger partial charge is 0.197 e. The topological polar surface area (TPSA) is 32.9 Å². The van der Waals surface area contributed by atoms with Crippen LogP contribution in [0.25, 0.3) is 0 Å². The molecule has 2 aromatic rings. The summed E-state index contributed by atoms with van der Waals surface area (Å²) in [6.45, 7) is 0. The van der Waals surface area contributed by atoms with E-state index in [0.717, 1.165) is 0 Å². The van der Waals surface area contributed by atoms with E-state index in [9.17, 15) is 9.18 Å². The van der Waals surface area contributed by atoms with Crippen molar-refractivity contribution in [3.8, 4) is 0 Å². The fourth-order valence-corrected chi connectivity index (χ4v) is 1.27. The van der Waals surface area contributed by atoms with Crippen LogP contribution in [0.1, 0.15) is 15.9 Å². The Labute approximate surface area is 80.4 Å². The van der Waals surface area contributed by atoms with Crippen LogP contribution >= 0.6 is 0 Å². The van der Waals surface area contributed by atoms with Crippen LogP contribution in [0.2, 0.25) is 0 Å². The minimum Gasteiger partial charge on any atom is -0.367 e. The Morgan fingerprint density at radius 1 is 1.21 bits per heavy atom. The molecule has 70 valence electrons. The Morgan fingerprint density at radius 2 is 2.00 bits per heavy atom. The quantitative estimate of drug-likeness (QED) is 0.723. The number of carbonyl (C=O) groups is 1. The molecule has 0 spiro atoms. The van der Waals surface area contributed by atoms with Crippen molar-refractivity contribution >= 4 is 5.78 Å². The minimum atomic E-state index is -0.487. The lowest BCUT2D eigenvalue weighted by Gasteiger charge is -1.98. The number of carbonyl (C=O) groups excluding carboxylic acids is 1. The average Bonchev–Trinajstić information content (AvgIpc) is 2.70. The monoisotopic (exact) mass is 189 g/mol. The van der Waals surface area contributed by atoms with Crippen LogP contribution < -0.4 is 0 Å². The molecule has 0 saturated carbocycles. The van der Waals surface area contributed by atoms with Crippen LogP contribution in [-0.4, -0.2) is 10.8 Å². The Hall–Kier alpha value is -1.90. The summed E-state index contributed by atoms with van der Waals surface area (Å²) in [7, 11) is 0. The van der Waals surface area contributed by atoms with Gasteiger partial charge in [-0.1, -0.05) is 12.1 Å². The Balaban J connectivity index is 2.42. The van der Waals surface area contributed by atoms with E-state index in [-0.39, 0.29) is 11.3 Å². The number of H-pyrrole nitrogens is 1. The molecule has 0 unspecified atom stereocenters. The molecule has 0 radical (unpaired) electrons. The largest absolute Gasteiger partial charge is 0.367 e. The van der Waals surface area contributed by atoms with E-state index in [1.54, 1.807) is 30.6 Å². The summed E-state index contributed by atoms with van der Waals surface area (Å²) in [5.74, 6) is -0.789. The summed E-state index contributed by atoms with van der Waals surface area (Å²) in [5, 5.41) is 0. The summed E-state index contributed by atoms with van der Waals surface area (Å²) in [5.41, 5.74) is 0.571. The van der Waals surface area contributed by atoms with E-state index >= 15 is 0 Å². The van der Waals surface area contributed by atoms with Crippen LogP contribution in [0, 0.1) is 5.82 Å². The number of hydrogen-bond donors (Lipinski definition) is 1. The zero-order valence-electron chi connectivity index (χ0n) is 7.33. The van der Waals surface area contributed by atoms with Gasteiger partial charge >= 0.3 is 0 Å². The van der Waals surface area contributed by atoms with E-state index in [4.69, 9.17) is 0 Å². The van der Waals surface area contributed by atoms with Crippen LogP contribution in [0.5, 0.6) is 0 Å². The first-order valence-electron chi connectivity index (χ1n) is 4.21. The predicted molar refractivity (Wildman–Crippen MR) is 50.6 cm³/mol. The second-order valence-corrected chi connectivity index (χ2v) is 2.91. The highest BCUT2D eigenvalue weighted by Crippen LogP contribution is 2.12. The lowest BCUT2D eigenvalue weighted by molar-refractivity contribution is 0.103. The van der Waals surface area contributed by atoms with Gasteiger partial charge in [-0.3, -0.25) is 4.79 Å². The van der Waals surface area contributed by atoms with Crippen molar-refractivity contribution in [2.45, 2.75) is 0 Å². The van der Waals surface area contributed by atoms with Crippen LogP contribution in [0.3, 0.4) is 0 Å². The molecule has 1 aromatic heterocycles. The molecular weight excluding hydrogens is 181 g/mol. The summed E-state index contributed by atoms with van der Waals surface area (Å²) in [4.78, 5) is 14.4. The fraction of sp³-hybridized carbons (Fsp3) is 0. The Bertz CT molecular complexity index is 448. The highest BCUT2D eigenvalue weighted by atomic mass is 19.1. The van der Waals surface area contributed by atoms with E-state index < -0.39 is 5.82 Å². The third-order valence-corrected chi connectivity index (χ3v) is 1.98. The second-order valence-electron chi connectivity index (χ2n) is 2.91. The van der Waals surface area contributed by atoms with Crippen molar-refractivity contribution in [2.75, 3.05) is 0 Å². The number of ketones is 1. The van der Waals surface area contributed by atoms with Gasteiger partial charge in [0.05, 0.1) is 5.56 Å². The first kappa shape index (κ1) is 8.69. The molecule has 0 fully saturated rings. The van der Waals surface area contributed by atoms with Crippen molar-refractivity contribution in [2.24, 2.45) is 0 Å². The van der Waals surface area contributed by atoms with E-state index in [0.29, 0.717) is 5.56 Å². The van der Waals surface area contributed by atoms with Crippen molar-refractivity contribution in [1.29, 1.82) is 0 Å². The molecular formula is C11H8FNO. The maximum Gasteiger partial charge on any atom is 0.197 e. The van der Waals surface area contributed by atoms with Crippen molar-refractivity contribution in [3.05, 3.63) is 59.7 Å². The van der Waals surface area contributed by atoms with Gasteiger partial charge in [0.2, 0.25) is 0 Å². The van der Waals surface area contributed by atoms with Gasteiger partial charge in [-0.25, -0.2) is 4.39 Å². The first-order chi connectivity index (χ1) is 6.79. The number of benzene rings is 1. The molecule has 0 aliphatic carbocycles. The highest BCUT2D eigenvalue weighted by molar-refractivity contribution is 6.08. The van der Waals surface area contributed by atoms with Crippen molar-refractivity contribution < 1.29 is 9.18 Å². The molecule has 2 nitrogen and oxygen atoms in total. The molecule has 0 saturated heterocycles. The molecule has 1 aromatic carbocycles. The second kappa shape index (κ2) is 3.46. The number of halogens is 1. The van der Waals surface area contributed by atoms with E-state index in [1.165, 1.54) is 12.1 Å². The zero-order valence-corrected chi connectivity index (χ0v) is 7.33. The van der Waals surface area contributed by atoms with Gasteiger partial charge in [0.1, 0.15) is 5.82 Å². The maximum absolute atomic E-state index is 13.2. The molecule has 14 heavy (non-hydrogen) atoms. The summed E-state index contributed by atoms with van der Waals surface area (Å²) in [6, 6.07) is 7.57. The summed E-state index contributed by atoms with van der Waals surface area (Å²) >= 11 is 0. The zero-order chi connectivity index (χ0) is 9.97. The molecule has 1 heterocycles. The molecule has 0 aliphatic rings. The molecule has 1 N–H and O–H groups in total. The first-order valence-corrected chi connectivity index (χ1v) is 4.21. The van der Waals surface area contributed by atoms with Gasteiger partial charge in [0, 0.05) is 18.0 Å².